The van der Waals surface area contributed by atoms with Gasteiger partial charge in [-0.3, -0.25) is 4.90 Å². The van der Waals surface area contributed by atoms with Crippen molar-refractivity contribution in [3.05, 3.63) is 45.9 Å². The summed E-state index contributed by atoms with van der Waals surface area (Å²) in [7, 11) is 6.66. The highest BCUT2D eigenvalue weighted by molar-refractivity contribution is 9.10. The van der Waals surface area contributed by atoms with Gasteiger partial charge in [0.25, 0.3) is 0 Å². The number of halogens is 1. The Morgan fingerprint density at radius 1 is 0.862 bits per heavy atom. The Balaban J connectivity index is 2.20. The molecule has 1 unspecified atom stereocenters. The van der Waals surface area contributed by atoms with Gasteiger partial charge in [0, 0.05) is 29.7 Å². The fourth-order valence-corrected chi connectivity index (χ4v) is 4.43. The quantitative estimate of drug-likeness (QED) is 0.670. The average molecular weight is 465 g/mol. The Kier molecular flexibility index (Phi) is 7.64. The molecule has 2 aromatic carbocycles. The minimum atomic E-state index is -0.0332. The van der Waals surface area contributed by atoms with E-state index in [1.54, 1.807) is 28.4 Å². The topological polar surface area (TPSA) is 52.2 Å². The zero-order valence-electron chi connectivity index (χ0n) is 17.5. The second kappa shape index (κ2) is 10.2. The maximum Gasteiger partial charge on any atom is 0.165 e. The van der Waals surface area contributed by atoms with Crippen molar-refractivity contribution in [2.45, 2.75) is 12.5 Å². The molecule has 0 bridgehead atoms. The molecule has 1 aliphatic heterocycles. The van der Waals surface area contributed by atoms with Gasteiger partial charge in [-0.05, 0) is 36.7 Å². The standard InChI is InChI=1S/C22H29BrN2O4/c1-26-18-8-5-7-15(22(18)29-4)21(25-11-6-9-24-10-12-25)16-13-19(27-2)20(28-3)14-17(16)23/h5,7-8,13-14,21,24H,6,9-12H2,1-4H3. The summed E-state index contributed by atoms with van der Waals surface area (Å²) in [5.41, 5.74) is 2.15. The fraction of sp³-hybridized carbons (Fsp3) is 0.455. The molecule has 6 nitrogen and oxygen atoms in total. The molecule has 0 amide bonds. The number of hydrogen-bond acceptors (Lipinski definition) is 6. The van der Waals surface area contributed by atoms with E-state index >= 15 is 0 Å². The second-order valence-corrected chi connectivity index (χ2v) is 7.71. The van der Waals surface area contributed by atoms with Gasteiger partial charge in [0.2, 0.25) is 0 Å². The summed E-state index contributed by atoms with van der Waals surface area (Å²) in [6, 6.07) is 10.0. The van der Waals surface area contributed by atoms with Gasteiger partial charge >= 0.3 is 0 Å². The second-order valence-electron chi connectivity index (χ2n) is 6.85. The van der Waals surface area contributed by atoms with Crippen LogP contribution in [0.2, 0.25) is 0 Å². The Labute approximate surface area is 181 Å². The predicted molar refractivity (Wildman–Crippen MR) is 118 cm³/mol. The zero-order valence-corrected chi connectivity index (χ0v) is 19.0. The Morgan fingerprint density at radius 3 is 2.28 bits per heavy atom. The first-order valence-corrected chi connectivity index (χ1v) is 10.5. The van der Waals surface area contributed by atoms with Gasteiger partial charge in [-0.1, -0.05) is 28.1 Å². The van der Waals surface area contributed by atoms with E-state index in [1.807, 2.05) is 24.3 Å². The van der Waals surface area contributed by atoms with E-state index in [-0.39, 0.29) is 6.04 Å². The zero-order chi connectivity index (χ0) is 20.8. The Bertz CT molecular complexity index is 823. The van der Waals surface area contributed by atoms with Gasteiger partial charge in [-0.25, -0.2) is 0 Å². The maximum atomic E-state index is 5.79. The van der Waals surface area contributed by atoms with Gasteiger partial charge < -0.3 is 24.3 Å². The van der Waals surface area contributed by atoms with E-state index in [0.717, 1.165) is 59.7 Å². The van der Waals surface area contributed by atoms with Crippen LogP contribution < -0.4 is 24.3 Å². The summed E-state index contributed by atoms with van der Waals surface area (Å²) in [5.74, 6) is 2.86. The van der Waals surface area contributed by atoms with E-state index in [9.17, 15) is 0 Å². The number of nitrogens with one attached hydrogen (secondary N) is 1. The lowest BCUT2D eigenvalue weighted by atomic mass is 9.95. The highest BCUT2D eigenvalue weighted by atomic mass is 79.9. The summed E-state index contributed by atoms with van der Waals surface area (Å²) >= 11 is 3.77. The van der Waals surface area contributed by atoms with Gasteiger partial charge in [-0.15, -0.1) is 0 Å². The molecule has 7 heteroatoms. The van der Waals surface area contributed by atoms with Crippen LogP contribution in [0.3, 0.4) is 0 Å². The highest BCUT2D eigenvalue weighted by Crippen LogP contribution is 2.45. The monoisotopic (exact) mass is 464 g/mol. The van der Waals surface area contributed by atoms with Gasteiger partial charge in [-0.2, -0.15) is 0 Å². The lowest BCUT2D eigenvalue weighted by Crippen LogP contribution is -2.33. The molecule has 0 saturated carbocycles. The molecule has 1 atom stereocenters. The first kappa shape index (κ1) is 21.7. The highest BCUT2D eigenvalue weighted by Gasteiger charge is 2.30. The number of nitrogens with zero attached hydrogens (tertiary/aromatic N) is 1. The summed E-state index contributed by atoms with van der Waals surface area (Å²) in [6.07, 6.45) is 1.08. The molecule has 2 aromatic rings. The summed E-state index contributed by atoms with van der Waals surface area (Å²) < 4.78 is 23.4. The number of methoxy groups -OCH3 is 4. The number of rotatable bonds is 7. The van der Waals surface area contributed by atoms with Crippen LogP contribution in [-0.4, -0.2) is 59.5 Å². The average Bonchev–Trinajstić information content (AvgIpc) is 3.03. The molecule has 1 aliphatic rings. The fourth-order valence-electron chi connectivity index (χ4n) is 3.89. The molecule has 0 spiro atoms. The molecule has 158 valence electrons. The lowest BCUT2D eigenvalue weighted by Gasteiger charge is -2.33. The van der Waals surface area contributed by atoms with E-state index in [1.165, 1.54) is 0 Å². The number of para-hydroxylation sites is 1. The van der Waals surface area contributed by atoms with Crippen LogP contribution in [0.4, 0.5) is 0 Å². The molecule has 1 saturated heterocycles. The maximum absolute atomic E-state index is 5.79. The van der Waals surface area contributed by atoms with Crippen molar-refractivity contribution in [3.63, 3.8) is 0 Å². The number of benzene rings is 2. The van der Waals surface area contributed by atoms with Crippen molar-refractivity contribution < 1.29 is 18.9 Å². The third-order valence-electron chi connectivity index (χ3n) is 5.27. The minimum absolute atomic E-state index is 0.0332. The molecule has 0 aromatic heterocycles. The van der Waals surface area contributed by atoms with Gasteiger partial charge in [0.15, 0.2) is 23.0 Å². The third-order valence-corrected chi connectivity index (χ3v) is 5.95. The molecule has 0 aliphatic carbocycles. The number of ether oxygens (including phenoxy) is 4. The lowest BCUT2D eigenvalue weighted by molar-refractivity contribution is 0.233. The van der Waals surface area contributed by atoms with Crippen molar-refractivity contribution in [2.75, 3.05) is 54.6 Å². The summed E-state index contributed by atoms with van der Waals surface area (Å²) in [4.78, 5) is 2.48. The third kappa shape index (κ3) is 4.63. The molecule has 0 radical (unpaired) electrons. The summed E-state index contributed by atoms with van der Waals surface area (Å²) in [5, 5.41) is 3.49. The van der Waals surface area contributed by atoms with Crippen molar-refractivity contribution >= 4 is 15.9 Å². The van der Waals surface area contributed by atoms with E-state index in [0.29, 0.717) is 11.5 Å². The van der Waals surface area contributed by atoms with Crippen molar-refractivity contribution in [1.82, 2.24) is 10.2 Å². The molecule has 1 heterocycles. The molecule has 1 fully saturated rings. The molecular formula is C22H29BrN2O4. The normalized spacial score (nSPS) is 16.0. The SMILES string of the molecule is COc1cc(Br)c(C(c2cccc(OC)c2OC)N2CCCNCC2)cc1OC. The van der Waals surface area contributed by atoms with Crippen LogP contribution in [0.15, 0.2) is 34.8 Å². The van der Waals surface area contributed by atoms with Crippen molar-refractivity contribution in [2.24, 2.45) is 0 Å². The van der Waals surface area contributed by atoms with Crippen molar-refractivity contribution in [3.8, 4) is 23.0 Å². The van der Waals surface area contributed by atoms with Crippen LogP contribution in [0.1, 0.15) is 23.6 Å². The van der Waals surface area contributed by atoms with Gasteiger partial charge in [0.05, 0.1) is 34.5 Å². The largest absolute Gasteiger partial charge is 0.493 e. The van der Waals surface area contributed by atoms with Crippen LogP contribution in [0.25, 0.3) is 0 Å². The molecular weight excluding hydrogens is 436 g/mol. The first-order chi connectivity index (χ1) is 14.1. The predicted octanol–water partition coefficient (Wildman–Crippen LogP) is 3.87. The van der Waals surface area contributed by atoms with Crippen LogP contribution in [0.5, 0.6) is 23.0 Å². The van der Waals surface area contributed by atoms with E-state index in [2.05, 4.69) is 32.2 Å². The van der Waals surface area contributed by atoms with Gasteiger partial charge in [0.1, 0.15) is 0 Å². The molecule has 3 rings (SSSR count). The minimum Gasteiger partial charge on any atom is -0.493 e. The summed E-state index contributed by atoms with van der Waals surface area (Å²) in [6.45, 7) is 3.85. The molecule has 29 heavy (non-hydrogen) atoms. The molecule has 1 N–H and O–H groups in total. The smallest absolute Gasteiger partial charge is 0.165 e. The van der Waals surface area contributed by atoms with E-state index in [4.69, 9.17) is 18.9 Å². The van der Waals surface area contributed by atoms with Crippen LogP contribution in [0, 0.1) is 0 Å². The Morgan fingerprint density at radius 2 is 1.59 bits per heavy atom. The Hall–Kier alpha value is -1.96. The van der Waals surface area contributed by atoms with Crippen molar-refractivity contribution in [1.29, 1.82) is 0 Å². The van der Waals surface area contributed by atoms with Crippen LogP contribution >= 0.6 is 15.9 Å². The van der Waals surface area contributed by atoms with Crippen LogP contribution in [-0.2, 0) is 0 Å². The van der Waals surface area contributed by atoms with E-state index < -0.39 is 0 Å². The number of hydrogen-bond donors (Lipinski definition) is 1. The first-order valence-electron chi connectivity index (χ1n) is 9.71.